The first-order valence-corrected chi connectivity index (χ1v) is 7.36. The summed E-state index contributed by atoms with van der Waals surface area (Å²) in [7, 11) is 0. The van der Waals surface area contributed by atoms with Crippen LogP contribution in [-0.2, 0) is 6.61 Å². The van der Waals surface area contributed by atoms with E-state index in [4.69, 9.17) is 27.9 Å². The van der Waals surface area contributed by atoms with E-state index in [2.05, 4.69) is 4.98 Å². The minimum atomic E-state index is -0.149. The highest BCUT2D eigenvalue weighted by Crippen LogP contribution is 2.31. The molecule has 0 saturated heterocycles. The Hall–Kier alpha value is -2.04. The molecule has 3 rings (SSSR count). The molecule has 0 spiro atoms. The van der Waals surface area contributed by atoms with Gasteiger partial charge in [-0.2, -0.15) is 0 Å². The molecule has 0 aliphatic heterocycles. The number of pyridine rings is 1. The molecule has 22 heavy (non-hydrogen) atoms. The summed E-state index contributed by atoms with van der Waals surface area (Å²) in [5.41, 5.74) is 1.95. The van der Waals surface area contributed by atoms with E-state index in [0.717, 1.165) is 5.56 Å². The normalized spacial score (nSPS) is 10.9. The Balaban J connectivity index is 1.90. The van der Waals surface area contributed by atoms with Crippen LogP contribution in [0.3, 0.4) is 0 Å². The Morgan fingerprint density at radius 1 is 1.23 bits per heavy atom. The van der Waals surface area contributed by atoms with Crippen molar-refractivity contribution in [3.8, 4) is 5.75 Å². The number of aromatic nitrogens is 2. The lowest BCUT2D eigenvalue weighted by atomic mass is 10.3. The van der Waals surface area contributed by atoms with Gasteiger partial charge in [0.25, 0.3) is 5.56 Å². The zero-order valence-corrected chi connectivity index (χ0v) is 13.2. The van der Waals surface area contributed by atoms with Gasteiger partial charge in [-0.05, 0) is 30.7 Å². The van der Waals surface area contributed by atoms with Crippen molar-refractivity contribution in [3.05, 3.63) is 74.3 Å². The lowest BCUT2D eigenvalue weighted by molar-refractivity contribution is 0.301. The van der Waals surface area contributed by atoms with E-state index in [-0.39, 0.29) is 12.2 Å². The van der Waals surface area contributed by atoms with E-state index >= 15 is 0 Å². The average molecular weight is 335 g/mol. The smallest absolute Gasteiger partial charge is 0.258 e. The van der Waals surface area contributed by atoms with E-state index in [1.165, 1.54) is 10.5 Å². The summed E-state index contributed by atoms with van der Waals surface area (Å²) >= 11 is 12.0. The van der Waals surface area contributed by atoms with Crippen molar-refractivity contribution in [2.24, 2.45) is 0 Å². The minimum absolute atomic E-state index is 0.139. The molecular weight excluding hydrogens is 323 g/mol. The zero-order chi connectivity index (χ0) is 15.7. The minimum Gasteiger partial charge on any atom is -0.486 e. The van der Waals surface area contributed by atoms with Crippen LogP contribution in [0.5, 0.6) is 5.75 Å². The second kappa shape index (κ2) is 5.99. The number of nitrogens with zero attached hydrogens (tertiary/aromatic N) is 2. The summed E-state index contributed by atoms with van der Waals surface area (Å²) in [5.74, 6) is 0.458. The fourth-order valence-electron chi connectivity index (χ4n) is 2.08. The molecule has 0 radical (unpaired) electrons. The number of hydrogen-bond acceptors (Lipinski definition) is 3. The molecule has 2 heterocycles. The Bertz CT molecular complexity index is 906. The molecule has 0 amide bonds. The molecule has 112 valence electrons. The van der Waals surface area contributed by atoms with Crippen LogP contribution in [0.25, 0.3) is 5.65 Å². The van der Waals surface area contributed by atoms with Gasteiger partial charge in [-0.1, -0.05) is 35.3 Å². The maximum Gasteiger partial charge on any atom is 0.258 e. The Morgan fingerprint density at radius 3 is 2.86 bits per heavy atom. The van der Waals surface area contributed by atoms with Crippen molar-refractivity contribution in [1.29, 1.82) is 0 Å². The summed E-state index contributed by atoms with van der Waals surface area (Å²) in [6, 6.07) is 10.3. The number of aryl methyl sites for hydroxylation is 1. The van der Waals surface area contributed by atoms with Gasteiger partial charge in [0.2, 0.25) is 0 Å². The third kappa shape index (κ3) is 2.93. The van der Waals surface area contributed by atoms with Crippen LogP contribution < -0.4 is 10.3 Å². The first-order valence-electron chi connectivity index (χ1n) is 6.60. The summed E-state index contributed by atoms with van der Waals surface area (Å²) in [6.45, 7) is 2.06. The maximum atomic E-state index is 12.1. The molecular formula is C16H12Cl2N2O2. The summed E-state index contributed by atoms with van der Waals surface area (Å²) < 4.78 is 7.11. The highest BCUT2D eigenvalue weighted by molar-refractivity contribution is 6.42. The van der Waals surface area contributed by atoms with E-state index in [1.807, 2.05) is 13.0 Å². The van der Waals surface area contributed by atoms with Gasteiger partial charge >= 0.3 is 0 Å². The van der Waals surface area contributed by atoms with Gasteiger partial charge in [-0.3, -0.25) is 9.20 Å². The Labute approximate surface area is 136 Å². The molecule has 3 aromatic rings. The van der Waals surface area contributed by atoms with Gasteiger partial charge in [0.15, 0.2) is 0 Å². The lowest BCUT2D eigenvalue weighted by Gasteiger charge is -2.09. The molecule has 0 fully saturated rings. The van der Waals surface area contributed by atoms with Gasteiger partial charge in [0, 0.05) is 12.3 Å². The second-order valence-corrected chi connectivity index (χ2v) is 5.65. The number of rotatable bonds is 3. The highest BCUT2D eigenvalue weighted by atomic mass is 35.5. The van der Waals surface area contributed by atoms with Gasteiger partial charge < -0.3 is 4.74 Å². The monoisotopic (exact) mass is 334 g/mol. The number of benzene rings is 1. The van der Waals surface area contributed by atoms with Crippen molar-refractivity contribution in [2.75, 3.05) is 0 Å². The van der Waals surface area contributed by atoms with Crippen LogP contribution in [0.4, 0.5) is 0 Å². The van der Waals surface area contributed by atoms with Crippen LogP contribution in [0.1, 0.15) is 11.3 Å². The van der Waals surface area contributed by atoms with Crippen LogP contribution in [0.2, 0.25) is 10.0 Å². The predicted octanol–water partition coefficient (Wildman–Crippen LogP) is 3.89. The summed E-state index contributed by atoms with van der Waals surface area (Å²) in [6.07, 6.45) is 1.75. The first kappa shape index (κ1) is 14.9. The number of fused-ring (bicyclic) bond motifs is 1. The maximum absolute atomic E-state index is 12.1. The Morgan fingerprint density at radius 2 is 2.05 bits per heavy atom. The molecule has 0 saturated carbocycles. The van der Waals surface area contributed by atoms with Crippen molar-refractivity contribution in [1.82, 2.24) is 9.38 Å². The molecule has 4 nitrogen and oxygen atoms in total. The molecule has 0 aliphatic rings. The average Bonchev–Trinajstić information content (AvgIpc) is 2.49. The molecule has 0 aliphatic carbocycles. The standard InChI is InChI=1S/C16H12Cl2N2O2/c1-10-5-6-14-19-11(7-15(21)20(14)8-10)9-22-13-4-2-3-12(17)16(13)18/h2-8H,9H2,1H3. The predicted molar refractivity (Wildman–Crippen MR) is 87.0 cm³/mol. The molecule has 0 N–H and O–H groups in total. The van der Waals surface area contributed by atoms with E-state index in [9.17, 15) is 4.79 Å². The number of hydrogen-bond donors (Lipinski definition) is 0. The molecule has 1 aromatic carbocycles. The van der Waals surface area contributed by atoms with Gasteiger partial charge in [-0.25, -0.2) is 4.98 Å². The largest absolute Gasteiger partial charge is 0.486 e. The van der Waals surface area contributed by atoms with Crippen molar-refractivity contribution >= 4 is 28.8 Å². The van der Waals surface area contributed by atoms with E-state index in [1.54, 1.807) is 30.5 Å². The van der Waals surface area contributed by atoms with Crippen LogP contribution in [0.15, 0.2) is 47.4 Å². The highest BCUT2D eigenvalue weighted by Gasteiger charge is 2.07. The number of ether oxygens (including phenoxy) is 1. The fraction of sp³-hybridized carbons (Fsp3) is 0.125. The topological polar surface area (TPSA) is 43.6 Å². The SMILES string of the molecule is Cc1ccc2nc(COc3cccc(Cl)c3Cl)cc(=O)n2c1. The summed E-state index contributed by atoms with van der Waals surface area (Å²) in [4.78, 5) is 16.5. The molecule has 0 unspecified atom stereocenters. The summed E-state index contributed by atoms with van der Waals surface area (Å²) in [5, 5.41) is 0.762. The van der Waals surface area contributed by atoms with Crippen molar-refractivity contribution in [2.45, 2.75) is 13.5 Å². The van der Waals surface area contributed by atoms with Gasteiger partial charge in [0.1, 0.15) is 23.0 Å². The number of halogens is 2. The van der Waals surface area contributed by atoms with E-state index in [0.29, 0.717) is 27.1 Å². The molecule has 2 aromatic heterocycles. The van der Waals surface area contributed by atoms with Crippen molar-refractivity contribution in [3.63, 3.8) is 0 Å². The second-order valence-electron chi connectivity index (χ2n) is 4.86. The molecule has 0 atom stereocenters. The third-order valence-corrected chi connectivity index (χ3v) is 3.95. The van der Waals surface area contributed by atoms with E-state index < -0.39 is 0 Å². The lowest BCUT2D eigenvalue weighted by Crippen LogP contribution is -2.16. The Kier molecular flexibility index (Phi) is 4.05. The van der Waals surface area contributed by atoms with Gasteiger partial charge in [0.05, 0.1) is 10.7 Å². The van der Waals surface area contributed by atoms with Crippen LogP contribution in [0, 0.1) is 6.92 Å². The quantitative estimate of drug-likeness (QED) is 0.729. The van der Waals surface area contributed by atoms with Crippen LogP contribution >= 0.6 is 23.2 Å². The first-order chi connectivity index (χ1) is 10.5. The molecule has 0 bridgehead atoms. The zero-order valence-electron chi connectivity index (χ0n) is 11.7. The fourth-order valence-corrected chi connectivity index (χ4v) is 2.43. The van der Waals surface area contributed by atoms with Gasteiger partial charge in [-0.15, -0.1) is 0 Å². The third-order valence-electron chi connectivity index (χ3n) is 3.15. The van der Waals surface area contributed by atoms with Crippen molar-refractivity contribution < 1.29 is 4.74 Å². The molecule has 6 heteroatoms. The van der Waals surface area contributed by atoms with Crippen LogP contribution in [-0.4, -0.2) is 9.38 Å².